The number of hydrogen-bond acceptors (Lipinski definition) is 10. The van der Waals surface area contributed by atoms with Crippen LogP contribution in [0.2, 0.25) is 0 Å². The normalized spacial score (nSPS) is 28.2. The van der Waals surface area contributed by atoms with Gasteiger partial charge in [-0.2, -0.15) is 0 Å². The third-order valence-electron chi connectivity index (χ3n) is 3.75. The summed E-state index contributed by atoms with van der Waals surface area (Å²) >= 11 is 0. The van der Waals surface area contributed by atoms with E-state index in [2.05, 4.69) is 4.74 Å². The van der Waals surface area contributed by atoms with E-state index in [0.29, 0.717) is 0 Å². The summed E-state index contributed by atoms with van der Waals surface area (Å²) in [5, 5.41) is 48.3. The smallest absolute Gasteiger partial charge is 0.404 e. The van der Waals surface area contributed by atoms with Crippen LogP contribution in [-0.2, 0) is 14.3 Å². The largest absolute Gasteiger partial charge is 0.487 e. The van der Waals surface area contributed by atoms with Crippen molar-refractivity contribution in [2.75, 3.05) is 13.2 Å². The fourth-order valence-corrected chi connectivity index (χ4v) is 2.35. The molecule has 0 radical (unpaired) electrons. The Morgan fingerprint density at radius 2 is 1.71 bits per heavy atom. The molecule has 1 fully saturated rings. The number of aliphatic hydroxyl groups is 4. The highest BCUT2D eigenvalue weighted by atomic mass is 16.7. The predicted molar refractivity (Wildman–Crippen MR) is 88.4 cm³/mol. The molecule has 12 heteroatoms. The number of rotatable bonds is 8. The maximum Gasteiger partial charge on any atom is 0.404 e. The average molecular weight is 403 g/mol. The molecule has 1 aromatic rings. The summed E-state index contributed by atoms with van der Waals surface area (Å²) in [5.74, 6) is -1.46. The molecular formula is C16H21NO11. The average Bonchev–Trinajstić information content (AvgIpc) is 2.65. The topological polar surface area (TPSA) is 198 Å². The van der Waals surface area contributed by atoms with Crippen LogP contribution in [0, 0.1) is 0 Å². The number of carboxylic acids is 1. The molecule has 12 nitrogen and oxygen atoms in total. The number of hydrogen-bond donors (Lipinski definition) is 6. The van der Waals surface area contributed by atoms with E-state index in [1.165, 1.54) is 12.1 Å². The summed E-state index contributed by atoms with van der Waals surface area (Å²) in [6.07, 6.45) is -11.1. The van der Waals surface area contributed by atoms with Crippen LogP contribution in [0.25, 0.3) is 0 Å². The lowest BCUT2D eigenvalue weighted by Gasteiger charge is -2.38. The highest BCUT2D eigenvalue weighted by molar-refractivity contribution is 5.73. The number of ether oxygens (including phenoxy) is 4. The van der Waals surface area contributed by atoms with Crippen LogP contribution < -0.4 is 15.2 Å². The number of nitrogens with two attached hydrogens (primary N) is 1. The lowest BCUT2D eigenvalue weighted by atomic mass is 9.99. The molecule has 2 rings (SSSR count). The van der Waals surface area contributed by atoms with Crippen molar-refractivity contribution in [1.82, 2.24) is 0 Å². The van der Waals surface area contributed by atoms with E-state index in [1.54, 1.807) is 12.1 Å². The molecule has 1 saturated heterocycles. The quantitative estimate of drug-likeness (QED) is 0.275. The highest BCUT2D eigenvalue weighted by Gasteiger charge is 2.48. The van der Waals surface area contributed by atoms with Gasteiger partial charge in [0.25, 0.3) is 0 Å². The van der Waals surface area contributed by atoms with Gasteiger partial charge in [0.15, 0.2) is 17.6 Å². The van der Waals surface area contributed by atoms with Gasteiger partial charge in [-0.3, -0.25) is 0 Å². The van der Waals surface area contributed by atoms with E-state index in [-0.39, 0.29) is 18.1 Å². The van der Waals surface area contributed by atoms with Crippen molar-refractivity contribution in [1.29, 1.82) is 0 Å². The zero-order valence-electron chi connectivity index (χ0n) is 14.5. The SMILES string of the molecule is NC(=O)OCC(O)COc1ccccc1O[C@@H]1O[C@H](C(=O)O)[C@@H](O)[C@H](O)[C@H]1O. The standard InChI is InChI=1S/C16H21NO11/c17-16(24)26-6-7(18)5-25-8-3-1-2-4-9(8)27-15-12(21)10(19)11(20)13(28-15)14(22)23/h1-4,7,10-13,15,18-21H,5-6H2,(H2,17,24)(H,22,23)/t7?,10-,11-,12+,13-,15+/m0/s1. The summed E-state index contributed by atoms with van der Waals surface area (Å²) in [7, 11) is 0. The van der Waals surface area contributed by atoms with Crippen LogP contribution >= 0.6 is 0 Å². The molecule has 1 amide bonds. The lowest BCUT2D eigenvalue weighted by Crippen LogP contribution is -2.61. The zero-order valence-corrected chi connectivity index (χ0v) is 14.5. The van der Waals surface area contributed by atoms with Gasteiger partial charge < -0.3 is 50.2 Å². The monoisotopic (exact) mass is 403 g/mol. The third kappa shape index (κ3) is 5.43. The molecule has 1 aliphatic heterocycles. The molecule has 156 valence electrons. The van der Waals surface area contributed by atoms with Crippen molar-refractivity contribution in [2.24, 2.45) is 5.73 Å². The summed E-state index contributed by atoms with van der Waals surface area (Å²) in [6, 6.07) is 5.98. The minimum Gasteiger partial charge on any atom is -0.487 e. The molecule has 1 aromatic carbocycles. The van der Waals surface area contributed by atoms with Gasteiger partial charge >= 0.3 is 12.1 Å². The Morgan fingerprint density at radius 3 is 2.32 bits per heavy atom. The number of aliphatic carboxylic acids is 1. The van der Waals surface area contributed by atoms with Gasteiger partial charge in [0.1, 0.15) is 37.6 Å². The Bertz CT molecular complexity index is 684. The molecule has 0 aliphatic carbocycles. The Hall–Kier alpha value is -2.64. The lowest BCUT2D eigenvalue weighted by molar-refractivity contribution is -0.271. The number of para-hydroxylation sites is 2. The molecule has 0 aromatic heterocycles. The van der Waals surface area contributed by atoms with Crippen LogP contribution in [0.1, 0.15) is 0 Å². The number of carboxylic acid groups (broad SMARTS) is 1. The van der Waals surface area contributed by atoms with Gasteiger partial charge in [-0.15, -0.1) is 0 Å². The maximum absolute atomic E-state index is 11.1. The van der Waals surface area contributed by atoms with Crippen LogP contribution in [0.4, 0.5) is 4.79 Å². The van der Waals surface area contributed by atoms with Crippen molar-refractivity contribution < 1.29 is 54.1 Å². The number of amides is 1. The number of carbonyl (C=O) groups is 2. The predicted octanol–water partition coefficient (Wildman–Crippen LogP) is -2.21. The highest BCUT2D eigenvalue weighted by Crippen LogP contribution is 2.31. The minimum absolute atomic E-state index is 0.00213. The van der Waals surface area contributed by atoms with Crippen LogP contribution in [0.5, 0.6) is 11.5 Å². The first-order valence-electron chi connectivity index (χ1n) is 8.12. The van der Waals surface area contributed by atoms with Crippen molar-refractivity contribution >= 4 is 12.1 Å². The Balaban J connectivity index is 2.05. The van der Waals surface area contributed by atoms with Crippen LogP contribution in [0.3, 0.4) is 0 Å². The molecule has 7 N–H and O–H groups in total. The van der Waals surface area contributed by atoms with Gasteiger partial charge in [-0.25, -0.2) is 9.59 Å². The fourth-order valence-electron chi connectivity index (χ4n) is 2.35. The fraction of sp³-hybridized carbons (Fsp3) is 0.500. The van der Waals surface area contributed by atoms with Gasteiger partial charge in [0.2, 0.25) is 6.29 Å². The molecule has 0 saturated carbocycles. The van der Waals surface area contributed by atoms with E-state index in [0.717, 1.165) is 0 Å². The molecule has 28 heavy (non-hydrogen) atoms. The van der Waals surface area contributed by atoms with Crippen LogP contribution in [-0.4, -0.2) is 87.6 Å². The Morgan fingerprint density at radius 1 is 1.07 bits per heavy atom. The Kier molecular flexibility index (Phi) is 7.37. The minimum atomic E-state index is -1.85. The van der Waals surface area contributed by atoms with Gasteiger partial charge in [-0.05, 0) is 12.1 Å². The summed E-state index contributed by atoms with van der Waals surface area (Å²) in [4.78, 5) is 21.7. The van der Waals surface area contributed by atoms with Crippen molar-refractivity contribution in [3.8, 4) is 11.5 Å². The van der Waals surface area contributed by atoms with E-state index >= 15 is 0 Å². The number of carbonyl (C=O) groups excluding carboxylic acids is 1. The summed E-state index contributed by atoms with van der Waals surface area (Å²) < 4.78 is 20.2. The molecule has 1 aliphatic rings. The molecule has 0 spiro atoms. The molecule has 0 bridgehead atoms. The van der Waals surface area contributed by atoms with E-state index < -0.39 is 55.5 Å². The second-order valence-electron chi connectivity index (χ2n) is 5.89. The number of benzene rings is 1. The van der Waals surface area contributed by atoms with E-state index in [4.69, 9.17) is 25.1 Å². The number of aliphatic hydroxyl groups excluding tert-OH is 4. The molecular weight excluding hydrogens is 382 g/mol. The first-order valence-corrected chi connectivity index (χ1v) is 8.12. The zero-order chi connectivity index (χ0) is 20.8. The van der Waals surface area contributed by atoms with Gasteiger partial charge in [0, 0.05) is 0 Å². The number of primary amides is 1. The Labute approximate surface area is 158 Å². The summed E-state index contributed by atoms with van der Waals surface area (Å²) in [6.45, 7) is -0.700. The van der Waals surface area contributed by atoms with Crippen molar-refractivity contribution in [2.45, 2.75) is 36.8 Å². The molecule has 1 heterocycles. The first-order chi connectivity index (χ1) is 13.2. The van der Waals surface area contributed by atoms with E-state index in [9.17, 15) is 30.0 Å². The first kappa shape index (κ1) is 21.7. The molecule has 6 atom stereocenters. The van der Waals surface area contributed by atoms with Crippen molar-refractivity contribution in [3.05, 3.63) is 24.3 Å². The maximum atomic E-state index is 11.1. The second-order valence-corrected chi connectivity index (χ2v) is 5.89. The second kappa shape index (κ2) is 9.52. The van der Waals surface area contributed by atoms with Crippen molar-refractivity contribution in [3.63, 3.8) is 0 Å². The molecule has 1 unspecified atom stereocenters. The van der Waals surface area contributed by atoms with Gasteiger partial charge in [-0.1, -0.05) is 12.1 Å². The van der Waals surface area contributed by atoms with Crippen LogP contribution in [0.15, 0.2) is 24.3 Å². The summed E-state index contributed by atoms with van der Waals surface area (Å²) in [5.41, 5.74) is 4.79. The third-order valence-corrected chi connectivity index (χ3v) is 3.75. The van der Waals surface area contributed by atoms with Gasteiger partial charge in [0.05, 0.1) is 0 Å². The van der Waals surface area contributed by atoms with E-state index in [1.807, 2.05) is 0 Å².